The molecule has 0 aliphatic rings. The topological polar surface area (TPSA) is 82.8 Å². The molecule has 0 spiro atoms. The highest BCUT2D eigenvalue weighted by Crippen LogP contribution is 2.32. The van der Waals surface area contributed by atoms with Gasteiger partial charge in [0.2, 0.25) is 0 Å². The zero-order valence-corrected chi connectivity index (χ0v) is 13.6. The van der Waals surface area contributed by atoms with E-state index in [2.05, 4.69) is 0 Å². The average molecular weight is 338 g/mol. The summed E-state index contributed by atoms with van der Waals surface area (Å²) in [6, 6.07) is 12.7. The van der Waals surface area contributed by atoms with Crippen LogP contribution in [0.15, 0.2) is 57.7 Å². The molecule has 0 aliphatic carbocycles. The molecule has 1 heterocycles. The van der Waals surface area contributed by atoms with Crippen LogP contribution in [0.1, 0.15) is 13.8 Å². The monoisotopic (exact) mass is 338 g/mol. The van der Waals surface area contributed by atoms with Gasteiger partial charge in [-0.15, -0.1) is 0 Å². The first kappa shape index (κ1) is 16.4. The van der Waals surface area contributed by atoms with Crippen LogP contribution in [0, 0.1) is 0 Å². The van der Waals surface area contributed by atoms with Gasteiger partial charge in [-0.05, 0) is 24.3 Å². The quantitative estimate of drug-likeness (QED) is 0.538. The average Bonchev–Trinajstić information content (AvgIpc) is 2.54. The van der Waals surface area contributed by atoms with Gasteiger partial charge in [0.1, 0.15) is 28.2 Å². The second-order valence-electron chi connectivity index (χ2n) is 5.29. The largest absolute Gasteiger partial charge is 0.456 e. The molecule has 0 radical (unpaired) electrons. The van der Waals surface area contributed by atoms with E-state index in [-0.39, 0.29) is 33.7 Å². The van der Waals surface area contributed by atoms with Crippen molar-refractivity contribution in [1.29, 1.82) is 0 Å². The molecule has 3 rings (SSSR count). The van der Waals surface area contributed by atoms with Crippen LogP contribution in [0.4, 0.5) is 0 Å². The molecule has 1 aromatic heterocycles. The molecule has 0 unspecified atom stereocenters. The molecule has 0 N–H and O–H groups in total. The van der Waals surface area contributed by atoms with Gasteiger partial charge in [-0.1, -0.05) is 18.2 Å². The fraction of sp³-hybridized carbons (Fsp3) is 0.105. The fourth-order valence-electron chi connectivity index (χ4n) is 2.46. The molecule has 0 fully saturated rings. The van der Waals surface area contributed by atoms with Crippen molar-refractivity contribution in [2.45, 2.75) is 13.8 Å². The maximum Gasteiger partial charge on any atom is 0.308 e. The van der Waals surface area contributed by atoms with Crippen LogP contribution >= 0.6 is 0 Å². The Labute approximate surface area is 142 Å². The van der Waals surface area contributed by atoms with Crippen LogP contribution in [0.5, 0.6) is 11.5 Å². The first-order chi connectivity index (χ1) is 12.0. The minimum absolute atomic E-state index is 0.138. The van der Waals surface area contributed by atoms with Crippen LogP contribution in [0.3, 0.4) is 0 Å². The predicted octanol–water partition coefficient (Wildman–Crippen LogP) is 3.31. The van der Waals surface area contributed by atoms with E-state index in [9.17, 15) is 14.4 Å². The molecular weight excluding hydrogens is 324 g/mol. The molecule has 126 valence electrons. The summed E-state index contributed by atoms with van der Waals surface area (Å²) in [5.41, 5.74) is 0.360. The minimum Gasteiger partial charge on any atom is -0.456 e. The van der Waals surface area contributed by atoms with E-state index in [0.717, 1.165) is 0 Å². The number of para-hydroxylation sites is 1. The molecule has 0 saturated heterocycles. The van der Waals surface area contributed by atoms with Gasteiger partial charge >= 0.3 is 11.9 Å². The zero-order chi connectivity index (χ0) is 18.0. The molecule has 0 atom stereocenters. The van der Waals surface area contributed by atoms with E-state index in [1.165, 1.54) is 26.0 Å². The summed E-state index contributed by atoms with van der Waals surface area (Å²) in [4.78, 5) is 35.0. The summed E-state index contributed by atoms with van der Waals surface area (Å²) in [5, 5.41) is 0.173. The van der Waals surface area contributed by atoms with Crippen LogP contribution in [-0.2, 0) is 9.59 Å². The summed E-state index contributed by atoms with van der Waals surface area (Å²) >= 11 is 0. The Hall–Kier alpha value is -3.41. The van der Waals surface area contributed by atoms with E-state index in [0.29, 0.717) is 5.56 Å². The highest BCUT2D eigenvalue weighted by molar-refractivity contribution is 5.87. The SMILES string of the molecule is CC(=O)Oc1ccccc1-c1cc(=O)c2c(OC(C)=O)cccc2o1. The lowest BCUT2D eigenvalue weighted by Crippen LogP contribution is -2.08. The highest BCUT2D eigenvalue weighted by atomic mass is 16.5. The summed E-state index contributed by atoms with van der Waals surface area (Å²) in [5.74, 6) is -0.342. The first-order valence-electron chi connectivity index (χ1n) is 7.49. The van der Waals surface area contributed by atoms with Gasteiger partial charge in [0.05, 0.1) is 5.56 Å². The molecule has 2 aromatic carbocycles. The predicted molar refractivity (Wildman–Crippen MR) is 90.5 cm³/mol. The van der Waals surface area contributed by atoms with Crippen LogP contribution in [0.25, 0.3) is 22.3 Å². The summed E-state index contributed by atoms with van der Waals surface area (Å²) < 4.78 is 16.0. The Balaban J connectivity index is 2.19. The summed E-state index contributed by atoms with van der Waals surface area (Å²) in [6.07, 6.45) is 0. The van der Waals surface area contributed by atoms with Crippen molar-refractivity contribution in [2.24, 2.45) is 0 Å². The molecule has 0 saturated carbocycles. The van der Waals surface area contributed by atoms with Gasteiger partial charge in [-0.25, -0.2) is 0 Å². The number of rotatable bonds is 3. The smallest absolute Gasteiger partial charge is 0.308 e. The van der Waals surface area contributed by atoms with Gasteiger partial charge in [0, 0.05) is 19.9 Å². The summed E-state index contributed by atoms with van der Waals surface area (Å²) in [7, 11) is 0. The number of carbonyl (C=O) groups excluding carboxylic acids is 2. The van der Waals surface area contributed by atoms with Gasteiger partial charge in [-0.2, -0.15) is 0 Å². The van der Waals surface area contributed by atoms with Crippen molar-refractivity contribution in [3.8, 4) is 22.8 Å². The lowest BCUT2D eigenvalue weighted by atomic mass is 10.1. The molecular formula is C19H14O6. The Morgan fingerprint density at radius 1 is 0.880 bits per heavy atom. The third kappa shape index (κ3) is 3.42. The van der Waals surface area contributed by atoms with E-state index in [1.807, 2.05) is 0 Å². The maximum atomic E-state index is 12.5. The standard InChI is InChI=1S/C19H14O6/c1-11(20)23-15-7-4-3-6-13(15)18-10-14(22)19-16(24-12(2)21)8-5-9-17(19)25-18/h3-10H,1-2H3. The number of hydrogen-bond acceptors (Lipinski definition) is 6. The zero-order valence-electron chi connectivity index (χ0n) is 13.6. The van der Waals surface area contributed by atoms with Crippen molar-refractivity contribution in [2.75, 3.05) is 0 Å². The van der Waals surface area contributed by atoms with Gasteiger partial charge in [0.15, 0.2) is 5.43 Å². The lowest BCUT2D eigenvalue weighted by molar-refractivity contribution is -0.132. The van der Waals surface area contributed by atoms with Crippen molar-refractivity contribution >= 4 is 22.9 Å². The van der Waals surface area contributed by atoms with Crippen molar-refractivity contribution < 1.29 is 23.5 Å². The molecule has 6 nitrogen and oxygen atoms in total. The van der Waals surface area contributed by atoms with E-state index in [4.69, 9.17) is 13.9 Å². The third-order valence-electron chi connectivity index (χ3n) is 3.38. The Bertz CT molecular complexity index is 1030. The van der Waals surface area contributed by atoms with Crippen LogP contribution in [0.2, 0.25) is 0 Å². The highest BCUT2D eigenvalue weighted by Gasteiger charge is 2.15. The second kappa shape index (κ2) is 6.60. The normalized spacial score (nSPS) is 10.5. The van der Waals surface area contributed by atoms with Crippen molar-refractivity contribution in [1.82, 2.24) is 0 Å². The van der Waals surface area contributed by atoms with Crippen LogP contribution in [-0.4, -0.2) is 11.9 Å². The molecule has 0 aliphatic heterocycles. The van der Waals surface area contributed by atoms with Gasteiger partial charge in [0.25, 0.3) is 0 Å². The molecule has 3 aromatic rings. The Kier molecular flexibility index (Phi) is 4.35. The van der Waals surface area contributed by atoms with Gasteiger partial charge < -0.3 is 13.9 Å². The lowest BCUT2D eigenvalue weighted by Gasteiger charge is -2.10. The molecule has 0 bridgehead atoms. The van der Waals surface area contributed by atoms with Crippen molar-refractivity contribution in [3.05, 3.63) is 58.8 Å². The number of benzene rings is 2. The van der Waals surface area contributed by atoms with Crippen LogP contribution < -0.4 is 14.9 Å². The molecule has 0 amide bonds. The molecule has 6 heteroatoms. The van der Waals surface area contributed by atoms with E-state index in [1.54, 1.807) is 36.4 Å². The Morgan fingerprint density at radius 2 is 1.52 bits per heavy atom. The molecule has 25 heavy (non-hydrogen) atoms. The van der Waals surface area contributed by atoms with Crippen molar-refractivity contribution in [3.63, 3.8) is 0 Å². The van der Waals surface area contributed by atoms with E-state index >= 15 is 0 Å². The van der Waals surface area contributed by atoms with E-state index < -0.39 is 11.9 Å². The number of fused-ring (bicyclic) bond motifs is 1. The number of carbonyl (C=O) groups is 2. The first-order valence-corrected chi connectivity index (χ1v) is 7.49. The fourth-order valence-corrected chi connectivity index (χ4v) is 2.46. The Morgan fingerprint density at radius 3 is 2.24 bits per heavy atom. The third-order valence-corrected chi connectivity index (χ3v) is 3.38. The minimum atomic E-state index is -0.531. The summed E-state index contributed by atoms with van der Waals surface area (Å²) in [6.45, 7) is 2.54. The van der Waals surface area contributed by atoms with Gasteiger partial charge in [-0.3, -0.25) is 14.4 Å². The second-order valence-corrected chi connectivity index (χ2v) is 5.29. The number of ether oxygens (including phenoxy) is 2. The maximum absolute atomic E-state index is 12.5. The number of esters is 2. The number of hydrogen-bond donors (Lipinski definition) is 0.